The van der Waals surface area contributed by atoms with Crippen LogP contribution in [0.2, 0.25) is 5.02 Å². The molecule has 0 aliphatic heterocycles. The molecular formula is C13H23ClN2O. The average Bonchev–Trinajstić information content (AvgIpc) is 2.45. The molecule has 4 heteroatoms. The molecule has 0 saturated carbocycles. The van der Waals surface area contributed by atoms with Crippen molar-refractivity contribution in [3.05, 3.63) is 16.4 Å². The molecule has 1 aromatic rings. The van der Waals surface area contributed by atoms with Crippen molar-refractivity contribution in [2.45, 2.75) is 58.5 Å². The van der Waals surface area contributed by atoms with E-state index in [0.29, 0.717) is 11.4 Å². The van der Waals surface area contributed by atoms with Gasteiger partial charge >= 0.3 is 0 Å². The monoisotopic (exact) mass is 258 g/mol. The summed E-state index contributed by atoms with van der Waals surface area (Å²) in [5, 5.41) is 15.3. The van der Waals surface area contributed by atoms with E-state index in [1.807, 2.05) is 20.9 Å². The van der Waals surface area contributed by atoms with Crippen LogP contribution in [0, 0.1) is 6.92 Å². The topological polar surface area (TPSA) is 38.1 Å². The summed E-state index contributed by atoms with van der Waals surface area (Å²) >= 11 is 6.19. The van der Waals surface area contributed by atoms with Crippen LogP contribution in [0.15, 0.2) is 0 Å². The van der Waals surface area contributed by atoms with E-state index in [2.05, 4.69) is 12.0 Å². The third kappa shape index (κ3) is 4.00. The molecule has 1 unspecified atom stereocenters. The number of aromatic nitrogens is 2. The first-order chi connectivity index (χ1) is 7.87. The number of aryl methyl sites for hydroxylation is 2. The number of hydrogen-bond donors (Lipinski definition) is 1. The molecule has 1 heterocycles. The number of aliphatic hydroxyl groups is 1. The maximum atomic E-state index is 10.4. The van der Waals surface area contributed by atoms with Crippen molar-refractivity contribution in [3.63, 3.8) is 0 Å². The molecule has 1 N–H and O–H groups in total. The van der Waals surface area contributed by atoms with Gasteiger partial charge in [-0.25, -0.2) is 0 Å². The van der Waals surface area contributed by atoms with E-state index < -0.39 is 5.60 Å². The zero-order valence-electron chi connectivity index (χ0n) is 11.3. The average molecular weight is 259 g/mol. The number of hydrogen-bond acceptors (Lipinski definition) is 2. The standard InChI is InChI=1S/C13H23ClN2O/c1-5-6-7-8-13(3,17)9-11-12(14)10(2)15-16(11)4/h17H,5-9H2,1-4H3. The zero-order valence-corrected chi connectivity index (χ0v) is 12.0. The fourth-order valence-corrected chi connectivity index (χ4v) is 2.30. The van der Waals surface area contributed by atoms with Gasteiger partial charge in [-0.1, -0.05) is 37.8 Å². The molecule has 0 aromatic carbocycles. The van der Waals surface area contributed by atoms with Crippen LogP contribution < -0.4 is 0 Å². The Morgan fingerprint density at radius 2 is 2.06 bits per heavy atom. The highest BCUT2D eigenvalue weighted by molar-refractivity contribution is 6.31. The van der Waals surface area contributed by atoms with Crippen LogP contribution in [0.5, 0.6) is 0 Å². The smallest absolute Gasteiger partial charge is 0.0848 e. The van der Waals surface area contributed by atoms with Gasteiger partial charge in [-0.2, -0.15) is 5.10 Å². The third-order valence-electron chi connectivity index (χ3n) is 3.13. The van der Waals surface area contributed by atoms with Crippen molar-refractivity contribution >= 4 is 11.6 Å². The van der Waals surface area contributed by atoms with Crippen molar-refractivity contribution in [3.8, 4) is 0 Å². The lowest BCUT2D eigenvalue weighted by Crippen LogP contribution is -2.28. The molecule has 1 atom stereocenters. The van der Waals surface area contributed by atoms with Gasteiger partial charge in [-0.3, -0.25) is 4.68 Å². The number of rotatable bonds is 6. The minimum Gasteiger partial charge on any atom is -0.390 e. The fourth-order valence-electron chi connectivity index (χ4n) is 2.08. The van der Waals surface area contributed by atoms with Gasteiger partial charge in [0.15, 0.2) is 0 Å². The molecular weight excluding hydrogens is 236 g/mol. The van der Waals surface area contributed by atoms with Crippen LogP contribution >= 0.6 is 11.6 Å². The van der Waals surface area contributed by atoms with E-state index in [1.54, 1.807) is 4.68 Å². The lowest BCUT2D eigenvalue weighted by molar-refractivity contribution is 0.0468. The second kappa shape index (κ2) is 5.87. The van der Waals surface area contributed by atoms with Crippen molar-refractivity contribution in [1.29, 1.82) is 0 Å². The maximum absolute atomic E-state index is 10.4. The summed E-state index contributed by atoms with van der Waals surface area (Å²) in [5.41, 5.74) is 1.05. The lowest BCUT2D eigenvalue weighted by Gasteiger charge is -2.23. The Kier molecular flexibility index (Phi) is 5.02. The summed E-state index contributed by atoms with van der Waals surface area (Å²) in [4.78, 5) is 0. The van der Waals surface area contributed by atoms with Crippen LogP contribution in [0.1, 0.15) is 50.9 Å². The molecule has 0 spiro atoms. The minimum absolute atomic E-state index is 0.562. The highest BCUT2D eigenvalue weighted by atomic mass is 35.5. The molecule has 17 heavy (non-hydrogen) atoms. The van der Waals surface area contributed by atoms with E-state index in [0.717, 1.165) is 30.7 Å². The van der Waals surface area contributed by atoms with E-state index in [4.69, 9.17) is 11.6 Å². The molecule has 0 amide bonds. The van der Waals surface area contributed by atoms with Crippen molar-refractivity contribution < 1.29 is 5.11 Å². The molecule has 0 aliphatic rings. The predicted octanol–water partition coefficient (Wildman–Crippen LogP) is 3.26. The first-order valence-electron chi connectivity index (χ1n) is 6.27. The van der Waals surface area contributed by atoms with Crippen LogP contribution in [-0.2, 0) is 13.5 Å². The Morgan fingerprint density at radius 1 is 1.41 bits per heavy atom. The normalized spacial score (nSPS) is 14.9. The van der Waals surface area contributed by atoms with Crippen LogP contribution in [-0.4, -0.2) is 20.5 Å². The summed E-state index contributed by atoms with van der Waals surface area (Å²) in [6, 6.07) is 0. The Morgan fingerprint density at radius 3 is 2.53 bits per heavy atom. The SMILES string of the molecule is CCCCCC(C)(O)Cc1c(Cl)c(C)nn1C. The van der Waals surface area contributed by atoms with Gasteiger partial charge in [-0.15, -0.1) is 0 Å². The van der Waals surface area contributed by atoms with Gasteiger partial charge in [0.1, 0.15) is 0 Å². The van der Waals surface area contributed by atoms with Crippen LogP contribution in [0.4, 0.5) is 0 Å². The maximum Gasteiger partial charge on any atom is 0.0848 e. The molecule has 1 rings (SSSR count). The summed E-state index contributed by atoms with van der Waals surface area (Å²) in [5.74, 6) is 0. The van der Waals surface area contributed by atoms with Crippen LogP contribution in [0.25, 0.3) is 0 Å². The van der Waals surface area contributed by atoms with E-state index in [1.165, 1.54) is 6.42 Å². The zero-order chi connectivity index (χ0) is 13.1. The van der Waals surface area contributed by atoms with E-state index >= 15 is 0 Å². The second-order valence-electron chi connectivity index (χ2n) is 5.10. The van der Waals surface area contributed by atoms with Gasteiger partial charge in [0, 0.05) is 13.5 Å². The predicted molar refractivity (Wildman–Crippen MR) is 71.4 cm³/mol. The number of unbranched alkanes of at least 4 members (excludes halogenated alkanes) is 2. The number of halogens is 1. The number of nitrogens with zero attached hydrogens (tertiary/aromatic N) is 2. The van der Waals surface area contributed by atoms with Gasteiger partial charge in [-0.05, 0) is 20.3 Å². The summed E-state index contributed by atoms with van der Waals surface area (Å²) in [6.45, 7) is 5.93. The van der Waals surface area contributed by atoms with E-state index in [9.17, 15) is 5.11 Å². The molecule has 1 aromatic heterocycles. The summed E-state index contributed by atoms with van der Waals surface area (Å²) in [7, 11) is 1.87. The molecule has 0 bridgehead atoms. The highest BCUT2D eigenvalue weighted by Gasteiger charge is 2.24. The first-order valence-corrected chi connectivity index (χ1v) is 6.65. The summed E-state index contributed by atoms with van der Waals surface area (Å²) in [6.07, 6.45) is 4.75. The van der Waals surface area contributed by atoms with Gasteiger partial charge < -0.3 is 5.11 Å². The molecule has 0 aliphatic carbocycles. The Balaban J connectivity index is 2.68. The molecule has 0 fully saturated rings. The second-order valence-corrected chi connectivity index (χ2v) is 5.48. The first kappa shape index (κ1) is 14.5. The van der Waals surface area contributed by atoms with E-state index in [-0.39, 0.29) is 0 Å². The van der Waals surface area contributed by atoms with Gasteiger partial charge in [0.05, 0.1) is 22.0 Å². The largest absolute Gasteiger partial charge is 0.390 e. The fraction of sp³-hybridized carbons (Fsp3) is 0.769. The van der Waals surface area contributed by atoms with Gasteiger partial charge in [0.2, 0.25) is 0 Å². The Bertz CT molecular complexity index is 372. The van der Waals surface area contributed by atoms with Crippen molar-refractivity contribution in [2.75, 3.05) is 0 Å². The van der Waals surface area contributed by atoms with Crippen molar-refractivity contribution in [1.82, 2.24) is 9.78 Å². The quantitative estimate of drug-likeness (QED) is 0.796. The van der Waals surface area contributed by atoms with Crippen LogP contribution in [0.3, 0.4) is 0 Å². The third-order valence-corrected chi connectivity index (χ3v) is 3.62. The Labute approximate surface area is 109 Å². The Hall–Kier alpha value is -0.540. The molecule has 98 valence electrons. The highest BCUT2D eigenvalue weighted by Crippen LogP contribution is 2.26. The summed E-state index contributed by atoms with van der Waals surface area (Å²) < 4.78 is 1.77. The van der Waals surface area contributed by atoms with Crippen molar-refractivity contribution in [2.24, 2.45) is 7.05 Å². The minimum atomic E-state index is -0.695. The molecule has 0 saturated heterocycles. The molecule has 3 nitrogen and oxygen atoms in total. The molecule has 0 radical (unpaired) electrons. The van der Waals surface area contributed by atoms with Gasteiger partial charge in [0.25, 0.3) is 0 Å². The lowest BCUT2D eigenvalue weighted by atomic mass is 9.93.